The second-order valence-corrected chi connectivity index (χ2v) is 11.8. The predicted octanol–water partition coefficient (Wildman–Crippen LogP) is 10.3. The van der Waals surface area contributed by atoms with Crippen molar-refractivity contribution in [1.82, 2.24) is 0 Å². The van der Waals surface area contributed by atoms with Crippen LogP contribution in [0.5, 0.6) is 0 Å². The lowest BCUT2D eigenvalue weighted by molar-refractivity contribution is 0.162. The van der Waals surface area contributed by atoms with Crippen molar-refractivity contribution in [3.8, 4) is 0 Å². The first-order chi connectivity index (χ1) is 17.3. The zero-order chi connectivity index (χ0) is 26.7. The molecule has 1 aliphatic carbocycles. The Morgan fingerprint density at radius 2 is 2.00 bits per heavy atom. The van der Waals surface area contributed by atoms with Crippen molar-refractivity contribution in [2.24, 2.45) is 17.8 Å². The van der Waals surface area contributed by atoms with E-state index in [-0.39, 0.29) is 6.10 Å². The molecule has 2 aromatic rings. The molecule has 0 saturated heterocycles. The number of rotatable bonds is 12. The molecule has 198 valence electrons. The number of aryl methyl sites for hydroxylation is 2. The third-order valence-electron chi connectivity index (χ3n) is 7.24. The lowest BCUT2D eigenvalue weighted by atomic mass is 9.85. The van der Waals surface area contributed by atoms with E-state index in [2.05, 4.69) is 63.4 Å². The monoisotopic (exact) mass is 526 g/mol. The van der Waals surface area contributed by atoms with E-state index in [9.17, 15) is 5.11 Å². The number of aliphatic hydroxyl groups excluding tert-OH is 1. The Labute approximate surface area is 230 Å². The fourth-order valence-corrected chi connectivity index (χ4v) is 6.61. The molecule has 1 heterocycles. The van der Waals surface area contributed by atoms with E-state index >= 15 is 0 Å². The molecule has 0 aliphatic heterocycles. The third kappa shape index (κ3) is 9.36. The summed E-state index contributed by atoms with van der Waals surface area (Å²) in [4.78, 5) is 2.71. The predicted molar refractivity (Wildman–Crippen MR) is 162 cm³/mol. The molecule has 3 heteroatoms. The quantitative estimate of drug-likeness (QED) is 0.273. The van der Waals surface area contributed by atoms with Gasteiger partial charge in [-0.1, -0.05) is 76.2 Å². The SMILES string of the molecule is C=C(CCC(O)CC)c1ccc(CCC[C@H]2C(=C)C[C@@H](C)C2C=CCc2cc(C)cc(Cl)c2)s1.CC. The van der Waals surface area contributed by atoms with Crippen LogP contribution in [-0.2, 0) is 12.8 Å². The highest BCUT2D eigenvalue weighted by atomic mass is 35.5. The summed E-state index contributed by atoms with van der Waals surface area (Å²) >= 11 is 8.10. The number of halogens is 1. The molecule has 1 aromatic carbocycles. The van der Waals surface area contributed by atoms with Crippen LogP contribution in [0, 0.1) is 24.7 Å². The summed E-state index contributed by atoms with van der Waals surface area (Å²) in [5.41, 5.74) is 5.08. The van der Waals surface area contributed by atoms with E-state index in [0.29, 0.717) is 17.8 Å². The van der Waals surface area contributed by atoms with E-state index in [1.54, 1.807) is 0 Å². The van der Waals surface area contributed by atoms with Crippen LogP contribution >= 0.6 is 22.9 Å². The Hall–Kier alpha value is -1.61. The first kappa shape index (κ1) is 30.6. The second kappa shape index (κ2) is 15.6. The summed E-state index contributed by atoms with van der Waals surface area (Å²) in [6.07, 6.45) is 12.6. The summed E-state index contributed by atoms with van der Waals surface area (Å²) in [6, 6.07) is 10.8. The van der Waals surface area contributed by atoms with Gasteiger partial charge in [0.25, 0.3) is 0 Å². The molecule has 0 amide bonds. The number of hydrogen-bond acceptors (Lipinski definition) is 2. The van der Waals surface area contributed by atoms with Crippen molar-refractivity contribution < 1.29 is 5.11 Å². The molecular weight excluding hydrogens is 480 g/mol. The fraction of sp³-hybridized carbons (Fsp3) is 0.515. The average Bonchev–Trinajstić information content (AvgIpc) is 3.42. The van der Waals surface area contributed by atoms with Crippen molar-refractivity contribution in [3.63, 3.8) is 0 Å². The Kier molecular flexibility index (Phi) is 13.3. The van der Waals surface area contributed by atoms with E-state index in [1.165, 1.54) is 39.3 Å². The van der Waals surface area contributed by atoms with Crippen LogP contribution in [-0.4, -0.2) is 11.2 Å². The maximum atomic E-state index is 9.82. The lowest BCUT2D eigenvalue weighted by Gasteiger charge is -2.20. The smallest absolute Gasteiger partial charge is 0.0540 e. The van der Waals surface area contributed by atoms with Gasteiger partial charge in [0, 0.05) is 14.8 Å². The van der Waals surface area contributed by atoms with Crippen molar-refractivity contribution in [2.75, 3.05) is 0 Å². The van der Waals surface area contributed by atoms with Crippen molar-refractivity contribution >= 4 is 28.5 Å². The molecule has 0 bridgehead atoms. The minimum atomic E-state index is -0.213. The van der Waals surface area contributed by atoms with Gasteiger partial charge in [0.2, 0.25) is 0 Å². The van der Waals surface area contributed by atoms with Crippen LogP contribution in [0.3, 0.4) is 0 Å². The fourth-order valence-electron chi connectivity index (χ4n) is 5.25. The second-order valence-electron chi connectivity index (χ2n) is 10.2. The Balaban J connectivity index is 0.00000222. The zero-order valence-electron chi connectivity index (χ0n) is 23.2. The van der Waals surface area contributed by atoms with E-state index < -0.39 is 0 Å². The van der Waals surface area contributed by atoms with Gasteiger partial charge >= 0.3 is 0 Å². The summed E-state index contributed by atoms with van der Waals surface area (Å²) in [5.74, 6) is 1.82. The number of thiophene rings is 1. The van der Waals surface area contributed by atoms with Crippen LogP contribution in [0.15, 0.2) is 61.2 Å². The summed E-state index contributed by atoms with van der Waals surface area (Å²) in [5, 5.41) is 10.6. The minimum absolute atomic E-state index is 0.213. The van der Waals surface area contributed by atoms with Gasteiger partial charge in [-0.3, -0.25) is 0 Å². The number of allylic oxidation sites excluding steroid dienone is 4. The van der Waals surface area contributed by atoms with E-state index in [0.717, 1.165) is 49.1 Å². The lowest BCUT2D eigenvalue weighted by Crippen LogP contribution is -2.11. The summed E-state index contributed by atoms with van der Waals surface area (Å²) < 4.78 is 0. The maximum absolute atomic E-state index is 9.82. The Bertz CT molecular complexity index is 981. The zero-order valence-corrected chi connectivity index (χ0v) is 24.7. The van der Waals surface area contributed by atoms with Gasteiger partial charge < -0.3 is 5.11 Å². The minimum Gasteiger partial charge on any atom is -0.393 e. The van der Waals surface area contributed by atoms with Gasteiger partial charge in [-0.15, -0.1) is 11.3 Å². The van der Waals surface area contributed by atoms with Gasteiger partial charge in [-0.05, 0) is 117 Å². The highest BCUT2D eigenvalue weighted by molar-refractivity contribution is 7.13. The molecule has 2 unspecified atom stereocenters. The van der Waals surface area contributed by atoms with Crippen LogP contribution < -0.4 is 0 Å². The first-order valence-electron chi connectivity index (χ1n) is 13.8. The summed E-state index contributed by atoms with van der Waals surface area (Å²) in [6.45, 7) is 19.2. The molecule has 0 radical (unpaired) electrons. The number of aliphatic hydroxyl groups is 1. The Morgan fingerprint density at radius 1 is 1.25 bits per heavy atom. The molecule has 1 aliphatic rings. The van der Waals surface area contributed by atoms with E-state index in [1.807, 2.05) is 38.2 Å². The topological polar surface area (TPSA) is 20.2 Å². The molecule has 36 heavy (non-hydrogen) atoms. The molecule has 1 saturated carbocycles. The molecule has 4 atom stereocenters. The third-order valence-corrected chi connectivity index (χ3v) is 8.71. The number of hydrogen-bond donors (Lipinski definition) is 1. The van der Waals surface area contributed by atoms with Crippen molar-refractivity contribution in [2.45, 2.75) is 92.1 Å². The molecule has 1 N–H and O–H groups in total. The average molecular weight is 527 g/mol. The largest absolute Gasteiger partial charge is 0.393 e. The molecule has 3 rings (SSSR count). The van der Waals surface area contributed by atoms with Crippen LogP contribution in [0.25, 0.3) is 5.57 Å². The number of benzene rings is 1. The van der Waals surface area contributed by atoms with Gasteiger partial charge in [0.1, 0.15) is 0 Å². The van der Waals surface area contributed by atoms with Gasteiger partial charge in [0.15, 0.2) is 0 Å². The highest BCUT2D eigenvalue weighted by Gasteiger charge is 2.33. The van der Waals surface area contributed by atoms with Gasteiger partial charge in [-0.2, -0.15) is 0 Å². The first-order valence-corrected chi connectivity index (χ1v) is 15.0. The molecule has 1 fully saturated rings. The normalized spacial score (nSPS) is 20.4. The van der Waals surface area contributed by atoms with Crippen molar-refractivity contribution in [1.29, 1.82) is 0 Å². The van der Waals surface area contributed by atoms with Crippen LogP contribution in [0.4, 0.5) is 0 Å². The summed E-state index contributed by atoms with van der Waals surface area (Å²) in [7, 11) is 0. The van der Waals surface area contributed by atoms with Gasteiger partial charge in [-0.25, -0.2) is 0 Å². The maximum Gasteiger partial charge on any atom is 0.0540 e. The molecule has 1 aromatic heterocycles. The Morgan fingerprint density at radius 3 is 2.69 bits per heavy atom. The molecular formula is C33H47ClOS. The van der Waals surface area contributed by atoms with Crippen molar-refractivity contribution in [3.05, 3.63) is 87.1 Å². The van der Waals surface area contributed by atoms with E-state index in [4.69, 9.17) is 11.6 Å². The van der Waals surface area contributed by atoms with Gasteiger partial charge in [0.05, 0.1) is 6.10 Å². The highest BCUT2D eigenvalue weighted by Crippen LogP contribution is 2.44. The standard InChI is InChI=1S/C31H41ClOS.C2H6/c1-6-27(33)14-13-22(3)31-16-15-28(34-31)10-8-12-30-24(5)19-23(4)29(30)11-7-9-25-17-21(2)18-26(32)20-25;1-2/h7,11,15-18,20,23,27,29-30,33H,3,5-6,8-10,12-14,19H2,1-2,4H3;1-2H3/t23-,27?,29?,30+;/m1./s1. The van der Waals surface area contributed by atoms with Crippen LogP contribution in [0.1, 0.15) is 87.1 Å². The molecule has 0 spiro atoms. The molecule has 1 nitrogen and oxygen atoms in total. The van der Waals surface area contributed by atoms with Crippen LogP contribution in [0.2, 0.25) is 5.02 Å².